The SMILES string of the molecule is O=S(=O)(c1ccc2c(c1)CCCC2)N1CCN(c2ncnc3c2nnn3-c2ccccc2)CC1. The molecule has 1 aliphatic carbocycles. The number of hydrogen-bond acceptors (Lipinski definition) is 7. The third-order valence-corrected chi connectivity index (χ3v) is 8.61. The normalized spacial score (nSPS) is 17.1. The van der Waals surface area contributed by atoms with E-state index in [2.05, 4.69) is 25.2 Å². The van der Waals surface area contributed by atoms with Crippen LogP contribution < -0.4 is 4.90 Å². The summed E-state index contributed by atoms with van der Waals surface area (Å²) in [5, 5.41) is 8.62. The Morgan fingerprint density at radius 1 is 0.824 bits per heavy atom. The van der Waals surface area contributed by atoms with Crippen LogP contribution in [0.1, 0.15) is 24.0 Å². The lowest BCUT2D eigenvalue weighted by molar-refractivity contribution is 0.384. The summed E-state index contributed by atoms with van der Waals surface area (Å²) in [6.45, 7) is 1.82. The lowest BCUT2D eigenvalue weighted by atomic mass is 9.92. The quantitative estimate of drug-likeness (QED) is 0.448. The van der Waals surface area contributed by atoms with Gasteiger partial charge in [0.25, 0.3) is 0 Å². The van der Waals surface area contributed by atoms with Crippen LogP contribution in [-0.2, 0) is 22.9 Å². The van der Waals surface area contributed by atoms with Gasteiger partial charge >= 0.3 is 0 Å². The van der Waals surface area contributed by atoms with Crippen molar-refractivity contribution >= 4 is 27.0 Å². The molecule has 2 aromatic carbocycles. The number of rotatable bonds is 4. The zero-order valence-corrected chi connectivity index (χ0v) is 19.5. The molecular weight excluding hydrogens is 450 g/mol. The molecule has 0 amide bonds. The van der Waals surface area contributed by atoms with Crippen molar-refractivity contribution in [3.8, 4) is 5.69 Å². The van der Waals surface area contributed by atoms with Gasteiger partial charge in [-0.15, -0.1) is 5.10 Å². The number of sulfonamides is 1. The highest BCUT2D eigenvalue weighted by Gasteiger charge is 2.30. The Balaban J connectivity index is 1.23. The minimum atomic E-state index is -3.53. The zero-order valence-electron chi connectivity index (χ0n) is 18.7. The van der Waals surface area contributed by atoms with Crippen molar-refractivity contribution < 1.29 is 8.42 Å². The van der Waals surface area contributed by atoms with E-state index in [-0.39, 0.29) is 0 Å². The van der Waals surface area contributed by atoms with E-state index in [1.165, 1.54) is 23.9 Å². The molecule has 0 unspecified atom stereocenters. The van der Waals surface area contributed by atoms with E-state index in [4.69, 9.17) is 0 Å². The van der Waals surface area contributed by atoms with Gasteiger partial charge in [-0.3, -0.25) is 0 Å². The molecule has 1 fully saturated rings. The van der Waals surface area contributed by atoms with Gasteiger partial charge in [0.15, 0.2) is 17.0 Å². The lowest BCUT2D eigenvalue weighted by Gasteiger charge is -2.34. The molecule has 4 aromatic rings. The molecule has 0 bridgehead atoms. The minimum absolute atomic E-state index is 0.387. The fourth-order valence-electron chi connectivity index (χ4n) is 4.87. The fourth-order valence-corrected chi connectivity index (χ4v) is 6.34. The third-order valence-electron chi connectivity index (χ3n) is 6.72. The van der Waals surface area contributed by atoms with Gasteiger partial charge in [0, 0.05) is 26.2 Å². The van der Waals surface area contributed by atoms with Gasteiger partial charge in [0.05, 0.1) is 10.6 Å². The summed E-state index contributed by atoms with van der Waals surface area (Å²) in [7, 11) is -3.53. The summed E-state index contributed by atoms with van der Waals surface area (Å²) in [5.74, 6) is 0.679. The second kappa shape index (κ2) is 8.44. The van der Waals surface area contributed by atoms with Crippen molar-refractivity contribution in [1.29, 1.82) is 0 Å². The minimum Gasteiger partial charge on any atom is -0.352 e. The third kappa shape index (κ3) is 3.63. The Labute approximate surface area is 198 Å². The molecule has 9 nitrogen and oxygen atoms in total. The number of anilines is 1. The van der Waals surface area contributed by atoms with Crippen LogP contribution in [0.3, 0.4) is 0 Å². The Kier molecular flexibility index (Phi) is 5.26. The maximum Gasteiger partial charge on any atom is 0.243 e. The van der Waals surface area contributed by atoms with Crippen LogP contribution in [0.15, 0.2) is 59.8 Å². The van der Waals surface area contributed by atoms with Crippen molar-refractivity contribution in [3.05, 3.63) is 66.0 Å². The molecule has 0 atom stereocenters. The molecule has 1 saturated heterocycles. The summed E-state index contributed by atoms with van der Waals surface area (Å²) in [6.07, 6.45) is 5.81. The van der Waals surface area contributed by atoms with Gasteiger partial charge in [-0.1, -0.05) is 29.5 Å². The number of piperazine rings is 1. The van der Waals surface area contributed by atoms with E-state index in [0.29, 0.717) is 48.1 Å². The summed E-state index contributed by atoms with van der Waals surface area (Å²) < 4.78 is 30.0. The van der Waals surface area contributed by atoms with E-state index >= 15 is 0 Å². The maximum atomic E-state index is 13.3. The maximum absolute atomic E-state index is 13.3. The monoisotopic (exact) mass is 475 g/mol. The summed E-state index contributed by atoms with van der Waals surface area (Å²) in [5.41, 5.74) is 4.57. The van der Waals surface area contributed by atoms with E-state index in [1.807, 2.05) is 42.5 Å². The van der Waals surface area contributed by atoms with Gasteiger partial charge in [0.1, 0.15) is 6.33 Å². The van der Waals surface area contributed by atoms with Crippen LogP contribution in [0.25, 0.3) is 16.9 Å². The first kappa shape index (κ1) is 21.2. The van der Waals surface area contributed by atoms with Crippen LogP contribution in [0.4, 0.5) is 5.82 Å². The molecule has 6 rings (SSSR count). The van der Waals surface area contributed by atoms with Crippen molar-refractivity contribution in [2.24, 2.45) is 0 Å². The molecule has 0 spiro atoms. The molecule has 0 radical (unpaired) electrons. The van der Waals surface area contributed by atoms with E-state index in [9.17, 15) is 8.42 Å². The highest BCUT2D eigenvalue weighted by atomic mass is 32.2. The number of aromatic nitrogens is 5. The Hall–Kier alpha value is -3.37. The van der Waals surface area contributed by atoms with Crippen molar-refractivity contribution in [1.82, 2.24) is 29.3 Å². The first-order chi connectivity index (χ1) is 16.6. The van der Waals surface area contributed by atoms with Crippen LogP contribution in [-0.4, -0.2) is 63.9 Å². The first-order valence-electron chi connectivity index (χ1n) is 11.6. The molecule has 34 heavy (non-hydrogen) atoms. The van der Waals surface area contributed by atoms with Crippen molar-refractivity contribution in [2.75, 3.05) is 31.1 Å². The van der Waals surface area contributed by atoms with Crippen LogP contribution in [0.2, 0.25) is 0 Å². The van der Waals surface area contributed by atoms with E-state index < -0.39 is 10.0 Å². The predicted molar refractivity (Wildman–Crippen MR) is 129 cm³/mol. The first-order valence-corrected chi connectivity index (χ1v) is 13.0. The number of aryl methyl sites for hydroxylation is 2. The lowest BCUT2D eigenvalue weighted by Crippen LogP contribution is -2.49. The van der Waals surface area contributed by atoms with Crippen LogP contribution in [0, 0.1) is 0 Å². The topological polar surface area (TPSA) is 97.1 Å². The second-order valence-electron chi connectivity index (χ2n) is 8.74. The highest BCUT2D eigenvalue weighted by Crippen LogP contribution is 2.28. The van der Waals surface area contributed by atoms with E-state index in [1.54, 1.807) is 15.1 Å². The van der Waals surface area contributed by atoms with Gasteiger partial charge in [-0.05, 0) is 61.1 Å². The van der Waals surface area contributed by atoms with Gasteiger partial charge in [-0.2, -0.15) is 8.99 Å². The van der Waals surface area contributed by atoms with Crippen LogP contribution in [0.5, 0.6) is 0 Å². The summed E-state index contributed by atoms with van der Waals surface area (Å²) >= 11 is 0. The number of benzene rings is 2. The number of nitrogens with zero attached hydrogens (tertiary/aromatic N) is 7. The molecule has 10 heteroatoms. The van der Waals surface area contributed by atoms with Crippen molar-refractivity contribution in [2.45, 2.75) is 30.6 Å². The number of para-hydroxylation sites is 1. The molecular formula is C24H25N7O2S. The fraction of sp³-hybridized carbons (Fsp3) is 0.333. The average molecular weight is 476 g/mol. The molecule has 3 heterocycles. The predicted octanol–water partition coefficient (Wildman–Crippen LogP) is 2.60. The summed E-state index contributed by atoms with van der Waals surface area (Å²) in [4.78, 5) is 11.3. The molecule has 0 N–H and O–H groups in total. The number of hydrogen-bond donors (Lipinski definition) is 0. The summed E-state index contributed by atoms with van der Waals surface area (Å²) in [6, 6.07) is 15.3. The Morgan fingerprint density at radius 3 is 2.38 bits per heavy atom. The Morgan fingerprint density at radius 2 is 1.59 bits per heavy atom. The largest absolute Gasteiger partial charge is 0.352 e. The molecule has 1 aliphatic heterocycles. The zero-order chi connectivity index (χ0) is 23.1. The average Bonchev–Trinajstić information content (AvgIpc) is 3.33. The highest BCUT2D eigenvalue weighted by molar-refractivity contribution is 7.89. The molecule has 174 valence electrons. The van der Waals surface area contributed by atoms with Crippen LogP contribution >= 0.6 is 0 Å². The number of fused-ring (bicyclic) bond motifs is 2. The molecule has 2 aliphatic rings. The van der Waals surface area contributed by atoms with Gasteiger partial charge in [0.2, 0.25) is 10.0 Å². The molecule has 0 saturated carbocycles. The van der Waals surface area contributed by atoms with E-state index in [0.717, 1.165) is 24.9 Å². The second-order valence-corrected chi connectivity index (χ2v) is 10.7. The van der Waals surface area contributed by atoms with Gasteiger partial charge < -0.3 is 4.90 Å². The standard InChI is InChI=1S/C24H25N7O2S/c32-34(33,21-11-10-18-6-4-5-7-19(18)16-21)30-14-12-29(13-15-30)23-22-24(26-17-25-23)31(28-27-22)20-8-2-1-3-9-20/h1-3,8-11,16-17H,4-7,12-15H2. The van der Waals surface area contributed by atoms with Gasteiger partial charge in [-0.25, -0.2) is 18.4 Å². The smallest absolute Gasteiger partial charge is 0.243 e. The molecule has 2 aromatic heterocycles. The van der Waals surface area contributed by atoms with Crippen molar-refractivity contribution in [3.63, 3.8) is 0 Å². The Bertz CT molecular complexity index is 1440.